The number of nitrogens with one attached hydrogen (secondary N) is 1. The number of fused-ring (bicyclic) bond motifs is 1. The monoisotopic (exact) mass is 373 g/mol. The highest BCUT2D eigenvalue weighted by molar-refractivity contribution is 7.89. The molecule has 0 fully saturated rings. The highest BCUT2D eigenvalue weighted by Gasteiger charge is 2.24. The van der Waals surface area contributed by atoms with E-state index in [-0.39, 0.29) is 26.4 Å². The third-order valence-corrected chi connectivity index (χ3v) is 5.14. The Labute approximate surface area is 142 Å². The zero-order chi connectivity index (χ0) is 18.0. The van der Waals surface area contributed by atoms with Crippen molar-refractivity contribution >= 4 is 10.0 Å². The van der Waals surface area contributed by atoms with Crippen molar-refractivity contribution in [1.82, 2.24) is 4.72 Å². The first-order chi connectivity index (χ1) is 11.9. The zero-order valence-corrected chi connectivity index (χ0v) is 13.7. The molecular weight excluding hydrogens is 359 g/mol. The lowest BCUT2D eigenvalue weighted by Crippen LogP contribution is -2.28. The second kappa shape index (κ2) is 7.03. The SMILES string of the molecule is O=S(=O)(NCCc1cc(F)cc2c1OCOC2)c1c(F)cccc1F. The van der Waals surface area contributed by atoms with Crippen molar-refractivity contribution in [2.24, 2.45) is 0 Å². The van der Waals surface area contributed by atoms with Crippen LogP contribution in [0.4, 0.5) is 13.2 Å². The molecule has 2 aromatic rings. The molecule has 1 heterocycles. The van der Waals surface area contributed by atoms with E-state index < -0.39 is 32.4 Å². The normalized spacial score (nSPS) is 14.0. The van der Waals surface area contributed by atoms with Crippen molar-refractivity contribution in [2.45, 2.75) is 17.9 Å². The van der Waals surface area contributed by atoms with E-state index in [1.165, 1.54) is 12.1 Å². The van der Waals surface area contributed by atoms with Crippen molar-refractivity contribution < 1.29 is 31.1 Å². The molecule has 1 N–H and O–H groups in total. The van der Waals surface area contributed by atoms with Gasteiger partial charge in [0.15, 0.2) is 11.7 Å². The molecule has 0 aliphatic carbocycles. The van der Waals surface area contributed by atoms with Gasteiger partial charge in [-0.1, -0.05) is 6.07 Å². The molecule has 0 atom stereocenters. The quantitative estimate of drug-likeness (QED) is 0.875. The summed E-state index contributed by atoms with van der Waals surface area (Å²) in [6, 6.07) is 5.28. The van der Waals surface area contributed by atoms with Gasteiger partial charge in [-0.15, -0.1) is 0 Å². The first kappa shape index (κ1) is 17.7. The molecule has 0 radical (unpaired) electrons. The van der Waals surface area contributed by atoms with Crippen LogP contribution in [0, 0.1) is 17.5 Å². The Morgan fingerprint density at radius 2 is 1.84 bits per heavy atom. The van der Waals surface area contributed by atoms with E-state index in [0.29, 0.717) is 16.9 Å². The van der Waals surface area contributed by atoms with E-state index in [0.717, 1.165) is 18.2 Å². The fraction of sp³-hybridized carbons (Fsp3) is 0.250. The Hall–Kier alpha value is -2.10. The first-order valence-electron chi connectivity index (χ1n) is 7.34. The van der Waals surface area contributed by atoms with Crippen LogP contribution >= 0.6 is 0 Å². The molecule has 0 aromatic heterocycles. The Balaban J connectivity index is 1.76. The maximum Gasteiger partial charge on any atom is 0.246 e. The molecule has 0 bridgehead atoms. The Morgan fingerprint density at radius 3 is 2.56 bits per heavy atom. The molecule has 2 aromatic carbocycles. The van der Waals surface area contributed by atoms with Crippen LogP contribution in [0.25, 0.3) is 0 Å². The third-order valence-electron chi connectivity index (χ3n) is 3.63. The number of sulfonamides is 1. The van der Waals surface area contributed by atoms with E-state index in [2.05, 4.69) is 4.72 Å². The van der Waals surface area contributed by atoms with E-state index in [1.54, 1.807) is 0 Å². The standard InChI is InChI=1S/C16H14F3NO4S/c17-12-6-10(15-11(7-12)8-23-9-24-15)4-5-20-25(21,22)16-13(18)2-1-3-14(16)19/h1-3,6-7,20H,4-5,8-9H2. The maximum atomic E-state index is 13.6. The summed E-state index contributed by atoms with van der Waals surface area (Å²) in [5.41, 5.74) is 0.958. The minimum Gasteiger partial charge on any atom is -0.467 e. The van der Waals surface area contributed by atoms with Gasteiger partial charge in [0, 0.05) is 12.1 Å². The van der Waals surface area contributed by atoms with Crippen LogP contribution in [-0.4, -0.2) is 21.8 Å². The summed E-state index contributed by atoms with van der Waals surface area (Å²) in [6.45, 7) is 0.0142. The summed E-state index contributed by atoms with van der Waals surface area (Å²) in [5, 5.41) is 0. The number of rotatable bonds is 5. The molecule has 1 aliphatic heterocycles. The lowest BCUT2D eigenvalue weighted by Gasteiger charge is -2.21. The predicted molar refractivity (Wildman–Crippen MR) is 81.9 cm³/mol. The average molecular weight is 373 g/mol. The summed E-state index contributed by atoms with van der Waals surface area (Å²) >= 11 is 0. The topological polar surface area (TPSA) is 64.6 Å². The predicted octanol–water partition coefficient (Wildman–Crippen LogP) is 2.49. The molecule has 0 amide bonds. The van der Waals surface area contributed by atoms with Crippen molar-refractivity contribution in [3.63, 3.8) is 0 Å². The summed E-state index contributed by atoms with van der Waals surface area (Å²) in [7, 11) is -4.38. The highest BCUT2D eigenvalue weighted by atomic mass is 32.2. The van der Waals surface area contributed by atoms with Crippen molar-refractivity contribution in [3.8, 4) is 5.75 Å². The minimum absolute atomic E-state index is 0.0117. The van der Waals surface area contributed by atoms with Gasteiger partial charge < -0.3 is 9.47 Å². The molecule has 134 valence electrons. The lowest BCUT2D eigenvalue weighted by atomic mass is 10.1. The summed E-state index contributed by atoms with van der Waals surface area (Å²) in [6.07, 6.45) is 0.0788. The van der Waals surface area contributed by atoms with E-state index >= 15 is 0 Å². The number of benzene rings is 2. The fourth-order valence-corrected chi connectivity index (χ4v) is 3.74. The lowest BCUT2D eigenvalue weighted by molar-refractivity contribution is -0.0172. The van der Waals surface area contributed by atoms with Crippen LogP contribution in [0.2, 0.25) is 0 Å². The van der Waals surface area contributed by atoms with Gasteiger partial charge in [0.2, 0.25) is 10.0 Å². The van der Waals surface area contributed by atoms with Crippen LogP contribution in [0.3, 0.4) is 0 Å². The Bertz CT molecular complexity index is 882. The largest absolute Gasteiger partial charge is 0.467 e. The number of ether oxygens (including phenoxy) is 2. The average Bonchev–Trinajstić information content (AvgIpc) is 2.54. The van der Waals surface area contributed by atoms with Crippen molar-refractivity contribution in [2.75, 3.05) is 13.3 Å². The van der Waals surface area contributed by atoms with Crippen LogP contribution in [0.5, 0.6) is 5.75 Å². The Morgan fingerprint density at radius 1 is 1.12 bits per heavy atom. The molecule has 0 spiro atoms. The number of hydrogen-bond donors (Lipinski definition) is 1. The maximum absolute atomic E-state index is 13.6. The van der Waals surface area contributed by atoms with Crippen molar-refractivity contribution in [3.05, 3.63) is 58.9 Å². The second-order valence-corrected chi connectivity index (χ2v) is 7.07. The first-order valence-corrected chi connectivity index (χ1v) is 8.82. The van der Waals surface area contributed by atoms with Crippen LogP contribution in [0.1, 0.15) is 11.1 Å². The molecule has 0 saturated carbocycles. The van der Waals surface area contributed by atoms with Gasteiger partial charge in [-0.05, 0) is 36.2 Å². The van der Waals surface area contributed by atoms with Gasteiger partial charge in [-0.3, -0.25) is 0 Å². The molecule has 5 nitrogen and oxygen atoms in total. The van der Waals surface area contributed by atoms with Crippen LogP contribution in [0.15, 0.2) is 35.2 Å². The molecule has 1 aliphatic rings. The molecule has 25 heavy (non-hydrogen) atoms. The molecule has 9 heteroatoms. The number of hydrogen-bond acceptors (Lipinski definition) is 4. The molecule has 3 rings (SSSR count). The van der Waals surface area contributed by atoms with Crippen LogP contribution < -0.4 is 9.46 Å². The smallest absolute Gasteiger partial charge is 0.246 e. The van der Waals surface area contributed by atoms with Gasteiger partial charge in [0.05, 0.1) is 6.61 Å². The Kier molecular flexibility index (Phi) is 4.98. The van der Waals surface area contributed by atoms with Gasteiger partial charge in [0.25, 0.3) is 0 Å². The summed E-state index contributed by atoms with van der Waals surface area (Å²) < 4.78 is 77.6. The summed E-state index contributed by atoms with van der Waals surface area (Å²) in [5.74, 6) is -2.44. The van der Waals surface area contributed by atoms with Gasteiger partial charge >= 0.3 is 0 Å². The van der Waals surface area contributed by atoms with E-state index in [9.17, 15) is 21.6 Å². The number of halogens is 3. The highest BCUT2D eigenvalue weighted by Crippen LogP contribution is 2.29. The fourth-order valence-electron chi connectivity index (χ4n) is 2.57. The van der Waals surface area contributed by atoms with E-state index in [1.807, 2.05) is 0 Å². The minimum atomic E-state index is -4.38. The van der Waals surface area contributed by atoms with Gasteiger partial charge in [0.1, 0.15) is 23.2 Å². The van der Waals surface area contributed by atoms with Crippen LogP contribution in [-0.2, 0) is 27.8 Å². The molecule has 0 unspecified atom stereocenters. The van der Waals surface area contributed by atoms with Crippen molar-refractivity contribution in [1.29, 1.82) is 0 Å². The van der Waals surface area contributed by atoms with E-state index in [4.69, 9.17) is 9.47 Å². The third kappa shape index (κ3) is 3.78. The molecule has 0 saturated heterocycles. The molecular formula is C16H14F3NO4S. The van der Waals surface area contributed by atoms with Gasteiger partial charge in [-0.25, -0.2) is 26.3 Å². The van der Waals surface area contributed by atoms with Gasteiger partial charge in [-0.2, -0.15) is 0 Å². The second-order valence-electron chi connectivity index (χ2n) is 5.36. The zero-order valence-electron chi connectivity index (χ0n) is 12.9. The summed E-state index contributed by atoms with van der Waals surface area (Å²) in [4.78, 5) is -1.04.